The summed E-state index contributed by atoms with van der Waals surface area (Å²) in [6.45, 7) is -0.707. The molecule has 0 bridgehead atoms. The molecule has 4 nitrogen and oxygen atoms in total. The van der Waals surface area contributed by atoms with Crippen molar-refractivity contribution in [3.63, 3.8) is 0 Å². The number of carbonyl (C=O) groups is 2. The van der Waals surface area contributed by atoms with E-state index in [1.165, 1.54) is 0 Å². The van der Waals surface area contributed by atoms with E-state index in [4.69, 9.17) is 5.11 Å². The Morgan fingerprint density at radius 2 is 2.08 bits per heavy atom. The second-order valence-electron chi connectivity index (χ2n) is 2.92. The molecule has 0 heterocycles. The number of carbonyl (C=O) groups excluding carboxylic acids is 1. The molecule has 13 heavy (non-hydrogen) atoms. The molecule has 0 aromatic heterocycles. The summed E-state index contributed by atoms with van der Waals surface area (Å²) in [7, 11) is 0. The van der Waals surface area contributed by atoms with Gasteiger partial charge in [-0.3, -0.25) is 9.59 Å². The van der Waals surface area contributed by atoms with Crippen LogP contribution in [0, 0.1) is 11.8 Å². The maximum atomic E-state index is 11.6. The summed E-state index contributed by atoms with van der Waals surface area (Å²) in [5.74, 6) is -2.93. The van der Waals surface area contributed by atoms with Crippen molar-refractivity contribution in [2.75, 3.05) is 6.54 Å². The van der Waals surface area contributed by atoms with Gasteiger partial charge >= 0.3 is 5.97 Å². The lowest BCUT2D eigenvalue weighted by atomic mass is 10.3. The third-order valence-electron chi connectivity index (χ3n) is 1.88. The lowest BCUT2D eigenvalue weighted by Gasteiger charge is -2.01. The molecule has 1 fully saturated rings. The van der Waals surface area contributed by atoms with E-state index in [-0.39, 0.29) is 6.42 Å². The zero-order valence-electron chi connectivity index (χ0n) is 6.67. The van der Waals surface area contributed by atoms with Crippen LogP contribution in [0.5, 0.6) is 0 Å². The van der Waals surface area contributed by atoms with E-state index in [1.807, 2.05) is 5.32 Å². The molecule has 0 radical (unpaired) electrons. The van der Waals surface area contributed by atoms with Crippen LogP contribution < -0.4 is 5.32 Å². The van der Waals surface area contributed by atoms with Gasteiger partial charge in [-0.25, -0.2) is 8.78 Å². The number of hydrogen-bond donors (Lipinski definition) is 2. The summed E-state index contributed by atoms with van der Waals surface area (Å²) >= 11 is 0. The highest BCUT2D eigenvalue weighted by atomic mass is 19.3. The van der Waals surface area contributed by atoms with Crippen LogP contribution in [0.2, 0.25) is 0 Å². The molecule has 0 aromatic carbocycles. The highest BCUT2D eigenvalue weighted by Gasteiger charge is 2.48. The standard InChI is InChI=1S/C7H9F2NO3/c8-5(9)2-10-6(11)3-1-4(3)7(12)13/h3-5H,1-2H2,(H,10,11)(H,12,13)/t3-,4+/m1/s1. The van der Waals surface area contributed by atoms with Gasteiger partial charge in [-0.05, 0) is 6.42 Å². The van der Waals surface area contributed by atoms with Gasteiger partial charge in [0.1, 0.15) is 0 Å². The fourth-order valence-corrected chi connectivity index (χ4v) is 1.07. The number of carboxylic acids is 1. The monoisotopic (exact) mass is 193 g/mol. The van der Waals surface area contributed by atoms with E-state index in [2.05, 4.69) is 0 Å². The van der Waals surface area contributed by atoms with Crippen molar-refractivity contribution in [1.82, 2.24) is 5.32 Å². The normalized spacial score (nSPS) is 25.8. The Morgan fingerprint density at radius 3 is 2.46 bits per heavy atom. The minimum atomic E-state index is -2.59. The van der Waals surface area contributed by atoms with E-state index < -0.39 is 36.7 Å². The van der Waals surface area contributed by atoms with Crippen LogP contribution in [-0.4, -0.2) is 30.0 Å². The lowest BCUT2D eigenvalue weighted by molar-refractivity contribution is -0.140. The first-order valence-electron chi connectivity index (χ1n) is 3.81. The molecule has 2 atom stereocenters. The molecule has 1 aliphatic carbocycles. The van der Waals surface area contributed by atoms with Gasteiger partial charge < -0.3 is 10.4 Å². The molecule has 1 saturated carbocycles. The van der Waals surface area contributed by atoms with Gasteiger partial charge in [0.2, 0.25) is 5.91 Å². The number of amides is 1. The first kappa shape index (κ1) is 9.88. The second kappa shape index (κ2) is 3.68. The molecule has 1 amide bonds. The van der Waals surface area contributed by atoms with Gasteiger partial charge in [-0.2, -0.15) is 0 Å². The Labute approximate surface area is 72.9 Å². The smallest absolute Gasteiger partial charge is 0.307 e. The quantitative estimate of drug-likeness (QED) is 0.664. The molecule has 0 unspecified atom stereocenters. The molecular weight excluding hydrogens is 184 g/mol. The Morgan fingerprint density at radius 1 is 1.46 bits per heavy atom. The van der Waals surface area contributed by atoms with Crippen molar-refractivity contribution in [3.8, 4) is 0 Å². The fraction of sp³-hybridized carbons (Fsp3) is 0.714. The van der Waals surface area contributed by atoms with Crippen molar-refractivity contribution in [2.45, 2.75) is 12.8 Å². The third-order valence-corrected chi connectivity index (χ3v) is 1.88. The van der Waals surface area contributed by atoms with Crippen LogP contribution in [0.3, 0.4) is 0 Å². The topological polar surface area (TPSA) is 66.4 Å². The molecule has 1 rings (SSSR count). The predicted molar refractivity (Wildman–Crippen MR) is 38.2 cm³/mol. The third kappa shape index (κ3) is 2.64. The predicted octanol–water partition coefficient (Wildman–Crippen LogP) is 0.0884. The minimum absolute atomic E-state index is 0.254. The molecule has 0 aliphatic heterocycles. The van der Waals surface area contributed by atoms with E-state index in [0.29, 0.717) is 0 Å². The van der Waals surface area contributed by atoms with Crippen molar-refractivity contribution in [3.05, 3.63) is 0 Å². The number of halogens is 2. The largest absolute Gasteiger partial charge is 0.481 e. The van der Waals surface area contributed by atoms with Gasteiger partial charge in [-0.1, -0.05) is 0 Å². The van der Waals surface area contributed by atoms with Crippen LogP contribution in [0.15, 0.2) is 0 Å². The van der Waals surface area contributed by atoms with E-state index in [0.717, 1.165) is 0 Å². The van der Waals surface area contributed by atoms with E-state index in [9.17, 15) is 18.4 Å². The summed E-state index contributed by atoms with van der Waals surface area (Å²) in [5, 5.41) is 10.4. The van der Waals surface area contributed by atoms with E-state index in [1.54, 1.807) is 0 Å². The molecule has 0 aromatic rings. The van der Waals surface area contributed by atoms with Crippen LogP contribution in [0.4, 0.5) is 8.78 Å². The van der Waals surface area contributed by atoms with Crippen molar-refractivity contribution >= 4 is 11.9 Å². The second-order valence-corrected chi connectivity index (χ2v) is 2.92. The SMILES string of the molecule is O=C(O)[C@H]1C[C@H]1C(=O)NCC(F)F. The molecule has 0 saturated heterocycles. The average molecular weight is 193 g/mol. The first-order valence-corrected chi connectivity index (χ1v) is 3.81. The van der Waals surface area contributed by atoms with Crippen LogP contribution in [0.1, 0.15) is 6.42 Å². The number of nitrogens with one attached hydrogen (secondary N) is 1. The summed E-state index contributed by atoms with van der Waals surface area (Å²) in [4.78, 5) is 21.2. The molecule has 74 valence electrons. The Balaban J connectivity index is 2.24. The molecule has 6 heteroatoms. The summed E-state index contributed by atoms with van der Waals surface area (Å²) in [5.41, 5.74) is 0. The summed E-state index contributed by atoms with van der Waals surface area (Å²) < 4.78 is 23.2. The van der Waals surface area contributed by atoms with Crippen molar-refractivity contribution in [2.24, 2.45) is 11.8 Å². The summed E-state index contributed by atoms with van der Waals surface area (Å²) in [6.07, 6.45) is -2.34. The lowest BCUT2D eigenvalue weighted by Crippen LogP contribution is -2.30. The van der Waals surface area contributed by atoms with Crippen LogP contribution >= 0.6 is 0 Å². The van der Waals surface area contributed by atoms with Gasteiger partial charge in [0.15, 0.2) is 0 Å². The molecular formula is C7H9F2NO3. The summed E-state index contributed by atoms with van der Waals surface area (Å²) in [6, 6.07) is 0. The van der Waals surface area contributed by atoms with Crippen LogP contribution in [0.25, 0.3) is 0 Å². The zero-order valence-corrected chi connectivity index (χ0v) is 6.67. The zero-order chi connectivity index (χ0) is 10.0. The van der Waals surface area contributed by atoms with Gasteiger partial charge in [0.05, 0.1) is 18.4 Å². The molecule has 2 N–H and O–H groups in total. The highest BCUT2D eigenvalue weighted by molar-refractivity contribution is 5.89. The Kier molecular flexibility index (Phi) is 2.79. The van der Waals surface area contributed by atoms with Crippen molar-refractivity contribution < 1.29 is 23.5 Å². The molecule has 1 aliphatic rings. The van der Waals surface area contributed by atoms with Gasteiger partial charge in [0, 0.05) is 0 Å². The number of rotatable bonds is 4. The average Bonchev–Trinajstić information content (AvgIpc) is 2.78. The molecule has 0 spiro atoms. The van der Waals surface area contributed by atoms with Crippen LogP contribution in [-0.2, 0) is 9.59 Å². The van der Waals surface area contributed by atoms with Crippen molar-refractivity contribution in [1.29, 1.82) is 0 Å². The van der Waals surface area contributed by atoms with E-state index >= 15 is 0 Å². The Bertz CT molecular complexity index is 232. The first-order chi connectivity index (χ1) is 6.02. The maximum absolute atomic E-state index is 11.6. The van der Waals surface area contributed by atoms with Gasteiger partial charge in [0.25, 0.3) is 6.43 Å². The number of alkyl halides is 2. The number of carboxylic acid groups (broad SMARTS) is 1. The maximum Gasteiger partial charge on any atom is 0.307 e. The number of hydrogen-bond acceptors (Lipinski definition) is 2. The highest BCUT2D eigenvalue weighted by Crippen LogP contribution is 2.38. The minimum Gasteiger partial charge on any atom is -0.481 e. The number of aliphatic carboxylic acids is 1. The fourth-order valence-electron chi connectivity index (χ4n) is 1.07. The van der Waals surface area contributed by atoms with Gasteiger partial charge in [-0.15, -0.1) is 0 Å². The Hall–Kier alpha value is -1.20.